The lowest BCUT2D eigenvalue weighted by Crippen LogP contribution is -2.52. The van der Waals surface area contributed by atoms with Crippen LogP contribution < -0.4 is 10.6 Å². The van der Waals surface area contributed by atoms with Crippen molar-refractivity contribution in [3.63, 3.8) is 0 Å². The maximum atomic E-state index is 13.2. The van der Waals surface area contributed by atoms with E-state index in [0.29, 0.717) is 12.4 Å². The number of hydrogen-bond acceptors (Lipinski definition) is 5. The zero-order chi connectivity index (χ0) is 19.3. The van der Waals surface area contributed by atoms with Gasteiger partial charge in [0.05, 0.1) is 25.9 Å². The van der Waals surface area contributed by atoms with E-state index in [0.717, 1.165) is 30.5 Å². The first kappa shape index (κ1) is 19.1. The monoisotopic (exact) mass is 378 g/mol. The molecule has 144 valence electrons. The Morgan fingerprint density at radius 2 is 1.96 bits per heavy atom. The van der Waals surface area contributed by atoms with Crippen LogP contribution in [0.4, 0.5) is 10.6 Å². The number of fused-ring (bicyclic) bond motifs is 1. The van der Waals surface area contributed by atoms with Crippen LogP contribution in [0.25, 0.3) is 0 Å². The number of carbonyl (C=O) groups is 2. The van der Waals surface area contributed by atoms with Crippen LogP contribution in [0, 0.1) is 0 Å². The van der Waals surface area contributed by atoms with Crippen molar-refractivity contribution in [2.24, 2.45) is 0 Å². The minimum Gasteiger partial charge on any atom is -0.448 e. The minimum absolute atomic E-state index is 0.0592. The molecule has 0 atom stereocenters. The van der Waals surface area contributed by atoms with Gasteiger partial charge in [-0.05, 0) is 33.6 Å². The first-order chi connectivity index (χ1) is 12.0. The Bertz CT molecular complexity index is 744. The van der Waals surface area contributed by atoms with Crippen molar-refractivity contribution >= 4 is 25.9 Å². The van der Waals surface area contributed by atoms with Crippen molar-refractivity contribution in [2.45, 2.75) is 76.8 Å². The van der Waals surface area contributed by atoms with Gasteiger partial charge < -0.3 is 15.4 Å². The molecule has 1 aromatic rings. The maximum Gasteiger partial charge on any atom is 0.435 e. The van der Waals surface area contributed by atoms with Crippen molar-refractivity contribution in [3.05, 3.63) is 11.3 Å². The summed E-state index contributed by atoms with van der Waals surface area (Å²) < 4.78 is 6.45. The van der Waals surface area contributed by atoms with E-state index in [-0.39, 0.29) is 17.6 Å². The van der Waals surface area contributed by atoms with Crippen molar-refractivity contribution in [1.82, 2.24) is 15.1 Å². The number of nitrogens with one attached hydrogen (secondary N) is 2. The minimum atomic E-state index is -1.68. The highest BCUT2D eigenvalue weighted by Gasteiger charge is 2.54. The molecule has 2 aliphatic rings. The summed E-state index contributed by atoms with van der Waals surface area (Å²) in [6.45, 7) is 13.4. The molecule has 0 spiro atoms. The topological polar surface area (TPSA) is 85.2 Å². The molecule has 1 saturated carbocycles. The Balaban J connectivity index is 1.96. The largest absolute Gasteiger partial charge is 0.448 e. The molecule has 1 amide bonds. The maximum absolute atomic E-state index is 13.2. The van der Waals surface area contributed by atoms with Crippen LogP contribution in [0.1, 0.15) is 51.3 Å². The average molecular weight is 379 g/mol. The van der Waals surface area contributed by atoms with Gasteiger partial charge in [-0.2, -0.15) is 4.68 Å². The third-order valence-electron chi connectivity index (χ3n) is 6.03. The van der Waals surface area contributed by atoms with Crippen molar-refractivity contribution in [1.29, 1.82) is 0 Å². The zero-order valence-electron chi connectivity index (χ0n) is 16.7. The van der Waals surface area contributed by atoms with Crippen LogP contribution in [0.15, 0.2) is 0 Å². The Morgan fingerprint density at radius 1 is 1.31 bits per heavy atom. The van der Waals surface area contributed by atoms with Crippen molar-refractivity contribution in [3.8, 4) is 0 Å². The average Bonchev–Trinajstić information content (AvgIpc) is 2.96. The second kappa shape index (κ2) is 6.19. The molecule has 0 radical (unpaired) electrons. The molecule has 8 heteroatoms. The molecule has 3 rings (SSSR count). The predicted octanol–water partition coefficient (Wildman–Crippen LogP) is 3.43. The third-order valence-corrected chi connectivity index (χ3v) is 9.63. The van der Waals surface area contributed by atoms with Crippen molar-refractivity contribution < 1.29 is 14.3 Å². The van der Waals surface area contributed by atoms with Crippen LogP contribution in [0.2, 0.25) is 24.7 Å². The van der Waals surface area contributed by atoms with Gasteiger partial charge in [-0.15, -0.1) is 5.10 Å². The molecule has 0 saturated heterocycles. The Kier molecular flexibility index (Phi) is 4.55. The molecule has 1 aliphatic carbocycles. The van der Waals surface area contributed by atoms with Gasteiger partial charge in [0.15, 0.2) is 5.82 Å². The highest BCUT2D eigenvalue weighted by atomic mass is 28.3. The van der Waals surface area contributed by atoms with E-state index < -0.39 is 19.7 Å². The Labute approximate surface area is 155 Å². The van der Waals surface area contributed by atoms with E-state index in [1.807, 2.05) is 13.8 Å². The predicted molar refractivity (Wildman–Crippen MR) is 103 cm³/mol. The molecule has 2 heterocycles. The number of anilines is 1. The standard InChI is InChI=1S/C18H30N4O3Si/c1-7-25-16(24)22-13-12(11-19-17(13,2)3)14(21-22)20-15(23)18(9-8-10-18)26(4,5)6/h19H,7-11H2,1-6H3,(H,20,21,23). The normalized spacial score (nSPS) is 20.2. The molecule has 0 aromatic carbocycles. The van der Waals surface area contributed by atoms with Crippen LogP contribution in [0.3, 0.4) is 0 Å². The highest BCUT2D eigenvalue weighted by molar-refractivity contribution is 6.83. The summed E-state index contributed by atoms with van der Waals surface area (Å²) in [6, 6.07) is 0. The van der Waals surface area contributed by atoms with Crippen LogP contribution in [0.5, 0.6) is 0 Å². The number of rotatable bonds is 4. The second-order valence-corrected chi connectivity index (χ2v) is 14.4. The summed E-state index contributed by atoms with van der Waals surface area (Å²) >= 11 is 0. The van der Waals surface area contributed by atoms with Gasteiger partial charge in [0.1, 0.15) is 0 Å². The third kappa shape index (κ3) is 2.79. The molecular formula is C18H30N4O3Si. The molecular weight excluding hydrogens is 348 g/mol. The fraction of sp³-hybridized carbons (Fsp3) is 0.722. The number of aromatic nitrogens is 2. The summed E-state index contributed by atoms with van der Waals surface area (Å²) in [5.41, 5.74) is 1.23. The van der Waals surface area contributed by atoms with Gasteiger partial charge in [-0.1, -0.05) is 26.1 Å². The summed E-state index contributed by atoms with van der Waals surface area (Å²) in [5, 5.41) is 10.6. The Morgan fingerprint density at radius 3 is 2.46 bits per heavy atom. The molecule has 0 bridgehead atoms. The van der Waals surface area contributed by atoms with Gasteiger partial charge in [-0.3, -0.25) is 4.79 Å². The highest BCUT2D eigenvalue weighted by Crippen LogP contribution is 2.56. The van der Waals surface area contributed by atoms with Crippen LogP contribution in [-0.2, 0) is 21.6 Å². The molecule has 7 nitrogen and oxygen atoms in total. The molecule has 1 aliphatic heterocycles. The second-order valence-electron chi connectivity index (χ2n) is 8.90. The van der Waals surface area contributed by atoms with E-state index >= 15 is 0 Å². The van der Waals surface area contributed by atoms with Crippen LogP contribution >= 0.6 is 0 Å². The summed E-state index contributed by atoms with van der Waals surface area (Å²) in [4.78, 5) is 25.5. The summed E-state index contributed by atoms with van der Waals surface area (Å²) in [7, 11) is -1.68. The first-order valence-corrected chi connectivity index (χ1v) is 12.9. The van der Waals surface area contributed by atoms with Gasteiger partial charge in [-0.25, -0.2) is 4.79 Å². The molecule has 26 heavy (non-hydrogen) atoms. The Hall–Kier alpha value is -1.67. The first-order valence-electron chi connectivity index (χ1n) is 9.39. The fourth-order valence-corrected chi connectivity index (χ4v) is 6.74. The SMILES string of the molecule is CCOC(=O)n1nc(NC(=O)C2([Si](C)(C)C)CCC2)c2c1C(C)(C)NC2. The van der Waals surface area contributed by atoms with Gasteiger partial charge >= 0.3 is 6.09 Å². The zero-order valence-corrected chi connectivity index (χ0v) is 17.7. The van der Waals surface area contributed by atoms with Gasteiger partial charge in [0.2, 0.25) is 5.91 Å². The lowest BCUT2D eigenvalue weighted by atomic mass is 9.83. The fourth-order valence-electron chi connectivity index (χ4n) is 4.15. The van der Waals surface area contributed by atoms with Gasteiger partial charge in [0.25, 0.3) is 0 Å². The smallest absolute Gasteiger partial charge is 0.435 e. The van der Waals surface area contributed by atoms with Gasteiger partial charge in [0, 0.05) is 17.1 Å². The number of hydrogen-bond donors (Lipinski definition) is 2. The summed E-state index contributed by atoms with van der Waals surface area (Å²) in [6.07, 6.45) is 2.48. The lowest BCUT2D eigenvalue weighted by Gasteiger charge is -2.48. The van der Waals surface area contributed by atoms with Crippen molar-refractivity contribution in [2.75, 3.05) is 11.9 Å². The number of ether oxygens (including phenoxy) is 1. The number of amides is 1. The molecule has 1 fully saturated rings. The molecule has 0 unspecified atom stereocenters. The number of carbonyl (C=O) groups excluding carboxylic acids is 2. The molecule has 2 N–H and O–H groups in total. The van der Waals surface area contributed by atoms with E-state index in [1.54, 1.807) is 6.92 Å². The van der Waals surface area contributed by atoms with E-state index in [1.165, 1.54) is 4.68 Å². The summed E-state index contributed by atoms with van der Waals surface area (Å²) in [5.74, 6) is 0.546. The van der Waals surface area contributed by atoms with E-state index in [4.69, 9.17) is 4.74 Å². The van der Waals surface area contributed by atoms with E-state index in [9.17, 15) is 9.59 Å². The van der Waals surface area contributed by atoms with Crippen LogP contribution in [-0.4, -0.2) is 36.5 Å². The number of nitrogens with zero attached hydrogens (tertiary/aromatic N) is 2. The quantitative estimate of drug-likeness (QED) is 0.784. The molecule has 1 aromatic heterocycles. The lowest BCUT2D eigenvalue weighted by molar-refractivity contribution is -0.121. The van der Waals surface area contributed by atoms with E-state index in [2.05, 4.69) is 35.4 Å².